The molecule has 0 fully saturated rings. The monoisotopic (exact) mass is 343 g/mol. The van der Waals surface area contributed by atoms with Crippen LogP contribution in [0, 0.1) is 16.0 Å². The van der Waals surface area contributed by atoms with E-state index in [2.05, 4.69) is 26.6 Å². The Bertz CT molecular complexity index is 492. The van der Waals surface area contributed by atoms with Crippen molar-refractivity contribution in [1.82, 2.24) is 10.6 Å². The lowest BCUT2D eigenvalue weighted by Crippen LogP contribution is -2.35. The summed E-state index contributed by atoms with van der Waals surface area (Å²) in [5.74, 6) is 0.332. The minimum Gasteiger partial charge on any atom is -0.355 e. The maximum absolute atomic E-state index is 11.5. The van der Waals surface area contributed by atoms with Crippen LogP contribution in [0.25, 0.3) is 0 Å². The topological polar surface area (TPSA) is 84.3 Å². The van der Waals surface area contributed by atoms with Crippen LogP contribution in [0.2, 0.25) is 0 Å². The molecule has 0 aliphatic carbocycles. The largest absolute Gasteiger partial charge is 0.355 e. The molecular formula is C13H18BrN3O3. The summed E-state index contributed by atoms with van der Waals surface area (Å²) in [5.41, 5.74) is 0.783. The van der Waals surface area contributed by atoms with Crippen molar-refractivity contribution < 1.29 is 9.72 Å². The van der Waals surface area contributed by atoms with Crippen LogP contribution in [0.3, 0.4) is 0 Å². The van der Waals surface area contributed by atoms with Crippen LogP contribution in [-0.4, -0.2) is 23.9 Å². The number of nitro benzene ring substituents is 1. The number of amides is 1. The fraction of sp³-hybridized carbons (Fsp3) is 0.462. The van der Waals surface area contributed by atoms with Gasteiger partial charge in [0.15, 0.2) is 0 Å². The zero-order valence-electron chi connectivity index (χ0n) is 11.5. The second kappa shape index (κ2) is 7.96. The highest BCUT2D eigenvalue weighted by molar-refractivity contribution is 9.10. The number of nitrogens with zero attached hydrogens (tertiary/aromatic N) is 1. The first-order chi connectivity index (χ1) is 9.40. The van der Waals surface area contributed by atoms with Gasteiger partial charge in [-0.2, -0.15) is 0 Å². The lowest BCUT2D eigenvalue weighted by Gasteiger charge is -2.08. The molecule has 0 spiro atoms. The highest BCUT2D eigenvalue weighted by Gasteiger charge is 2.12. The molecule has 0 aromatic heterocycles. The van der Waals surface area contributed by atoms with Crippen LogP contribution in [0.15, 0.2) is 22.7 Å². The zero-order valence-corrected chi connectivity index (χ0v) is 13.1. The summed E-state index contributed by atoms with van der Waals surface area (Å²) in [6.45, 7) is 5.29. The van der Waals surface area contributed by atoms with Gasteiger partial charge in [-0.25, -0.2) is 0 Å². The highest BCUT2D eigenvalue weighted by atomic mass is 79.9. The average molecular weight is 344 g/mol. The van der Waals surface area contributed by atoms with E-state index in [0.29, 0.717) is 23.5 Å². The summed E-state index contributed by atoms with van der Waals surface area (Å²) >= 11 is 3.13. The van der Waals surface area contributed by atoms with Crippen LogP contribution in [0.5, 0.6) is 0 Å². The van der Waals surface area contributed by atoms with Crippen molar-refractivity contribution in [1.29, 1.82) is 0 Å². The predicted octanol–water partition coefficient (Wildman–Crippen LogP) is 2.22. The van der Waals surface area contributed by atoms with Crippen LogP contribution in [-0.2, 0) is 11.3 Å². The molecule has 20 heavy (non-hydrogen) atoms. The minimum atomic E-state index is -0.442. The molecule has 0 atom stereocenters. The SMILES string of the molecule is CC(C)CNC(=O)CNCc1ccc(Br)c([N+](=O)[O-])c1. The van der Waals surface area contributed by atoms with E-state index in [1.165, 1.54) is 6.07 Å². The van der Waals surface area contributed by atoms with Crippen LogP contribution >= 0.6 is 15.9 Å². The molecule has 0 bridgehead atoms. The Morgan fingerprint density at radius 1 is 1.45 bits per heavy atom. The van der Waals surface area contributed by atoms with E-state index >= 15 is 0 Å². The zero-order chi connectivity index (χ0) is 15.1. The summed E-state index contributed by atoms with van der Waals surface area (Å²) in [4.78, 5) is 21.8. The molecule has 6 nitrogen and oxygen atoms in total. The third-order valence-electron chi connectivity index (χ3n) is 2.53. The standard InChI is InChI=1S/C13H18BrN3O3/c1-9(2)6-16-13(18)8-15-7-10-3-4-11(14)12(5-10)17(19)20/h3-5,9,15H,6-8H2,1-2H3,(H,16,18). The molecule has 0 saturated carbocycles. The molecule has 1 aromatic carbocycles. The van der Waals surface area contributed by atoms with Gasteiger partial charge in [0.1, 0.15) is 0 Å². The van der Waals surface area contributed by atoms with Crippen molar-refractivity contribution in [2.75, 3.05) is 13.1 Å². The number of carbonyl (C=O) groups is 1. The van der Waals surface area contributed by atoms with Gasteiger partial charge in [-0.3, -0.25) is 14.9 Å². The molecule has 2 N–H and O–H groups in total. The van der Waals surface area contributed by atoms with E-state index in [0.717, 1.165) is 5.56 Å². The number of benzene rings is 1. The Hall–Kier alpha value is -1.47. The van der Waals surface area contributed by atoms with Crippen LogP contribution in [0.4, 0.5) is 5.69 Å². The Morgan fingerprint density at radius 3 is 2.75 bits per heavy atom. The Labute approximate surface area is 126 Å². The number of hydrogen-bond acceptors (Lipinski definition) is 4. The molecule has 0 heterocycles. The lowest BCUT2D eigenvalue weighted by atomic mass is 10.2. The summed E-state index contributed by atoms with van der Waals surface area (Å²) in [5, 5.41) is 16.5. The van der Waals surface area contributed by atoms with E-state index in [9.17, 15) is 14.9 Å². The first-order valence-corrected chi connectivity index (χ1v) is 7.09. The van der Waals surface area contributed by atoms with Gasteiger partial charge in [0.05, 0.1) is 15.9 Å². The van der Waals surface area contributed by atoms with E-state index in [4.69, 9.17) is 0 Å². The minimum absolute atomic E-state index is 0.0218. The van der Waals surface area contributed by atoms with Gasteiger partial charge in [-0.1, -0.05) is 19.9 Å². The van der Waals surface area contributed by atoms with E-state index < -0.39 is 4.92 Å². The molecule has 0 saturated heterocycles. The second-order valence-corrected chi connectivity index (χ2v) is 5.70. The average Bonchev–Trinajstić information content (AvgIpc) is 2.38. The number of nitro groups is 1. The molecule has 0 aliphatic rings. The first-order valence-electron chi connectivity index (χ1n) is 6.30. The molecule has 0 aliphatic heterocycles. The summed E-state index contributed by atoms with van der Waals surface area (Å²) in [6.07, 6.45) is 0. The summed E-state index contributed by atoms with van der Waals surface area (Å²) in [6, 6.07) is 4.90. The number of carbonyl (C=O) groups excluding carboxylic acids is 1. The van der Waals surface area contributed by atoms with Crippen molar-refractivity contribution in [3.05, 3.63) is 38.3 Å². The van der Waals surface area contributed by atoms with E-state index in [1.54, 1.807) is 12.1 Å². The number of hydrogen-bond donors (Lipinski definition) is 2. The number of nitrogens with one attached hydrogen (secondary N) is 2. The van der Waals surface area contributed by atoms with Crippen LogP contribution in [0.1, 0.15) is 19.4 Å². The molecule has 0 radical (unpaired) electrons. The third-order valence-corrected chi connectivity index (χ3v) is 3.20. The quantitative estimate of drug-likeness (QED) is 0.587. The second-order valence-electron chi connectivity index (χ2n) is 4.84. The Balaban J connectivity index is 2.44. The van der Waals surface area contributed by atoms with Crippen LogP contribution < -0.4 is 10.6 Å². The first kappa shape index (κ1) is 16.6. The Morgan fingerprint density at radius 2 is 2.15 bits per heavy atom. The molecule has 1 amide bonds. The maximum Gasteiger partial charge on any atom is 0.283 e. The fourth-order valence-electron chi connectivity index (χ4n) is 1.51. The normalized spacial score (nSPS) is 10.6. The van der Waals surface area contributed by atoms with E-state index in [1.807, 2.05) is 13.8 Å². The maximum atomic E-state index is 11.5. The van der Waals surface area contributed by atoms with Gasteiger partial charge in [0, 0.05) is 19.2 Å². The molecule has 1 aromatic rings. The molecular weight excluding hydrogens is 326 g/mol. The van der Waals surface area contributed by atoms with Crippen molar-refractivity contribution >= 4 is 27.5 Å². The molecule has 7 heteroatoms. The Kier molecular flexibility index (Phi) is 6.60. The van der Waals surface area contributed by atoms with Crippen molar-refractivity contribution in [3.63, 3.8) is 0 Å². The summed E-state index contributed by atoms with van der Waals surface area (Å²) < 4.78 is 0.445. The van der Waals surface area contributed by atoms with Gasteiger partial charge in [-0.05, 0) is 33.5 Å². The smallest absolute Gasteiger partial charge is 0.283 e. The van der Waals surface area contributed by atoms with E-state index in [-0.39, 0.29) is 18.1 Å². The third kappa shape index (κ3) is 5.66. The van der Waals surface area contributed by atoms with Gasteiger partial charge in [0.2, 0.25) is 5.91 Å². The van der Waals surface area contributed by atoms with Gasteiger partial charge in [0.25, 0.3) is 5.69 Å². The fourth-order valence-corrected chi connectivity index (χ4v) is 1.90. The molecule has 1 rings (SSSR count). The number of rotatable bonds is 7. The highest BCUT2D eigenvalue weighted by Crippen LogP contribution is 2.25. The van der Waals surface area contributed by atoms with Crippen molar-refractivity contribution in [2.24, 2.45) is 5.92 Å². The molecule has 0 unspecified atom stereocenters. The van der Waals surface area contributed by atoms with Gasteiger partial charge in [-0.15, -0.1) is 0 Å². The predicted molar refractivity (Wildman–Crippen MR) is 80.4 cm³/mol. The van der Waals surface area contributed by atoms with Crippen molar-refractivity contribution in [2.45, 2.75) is 20.4 Å². The van der Waals surface area contributed by atoms with Gasteiger partial charge < -0.3 is 10.6 Å². The van der Waals surface area contributed by atoms with Crippen molar-refractivity contribution in [3.8, 4) is 0 Å². The molecule has 110 valence electrons. The van der Waals surface area contributed by atoms with Gasteiger partial charge >= 0.3 is 0 Å². The number of halogens is 1. The lowest BCUT2D eigenvalue weighted by molar-refractivity contribution is -0.385. The summed E-state index contributed by atoms with van der Waals surface area (Å²) in [7, 11) is 0.